The van der Waals surface area contributed by atoms with Gasteiger partial charge < -0.3 is 10.1 Å². The number of rotatable bonds is 7. The quantitative estimate of drug-likeness (QED) is 0.544. The first-order valence-corrected chi connectivity index (χ1v) is 10.1. The molecule has 0 saturated carbocycles. The van der Waals surface area contributed by atoms with Gasteiger partial charge in [0.05, 0.1) is 17.4 Å². The topological polar surface area (TPSA) is 132 Å². The molecule has 0 aliphatic carbocycles. The molecule has 2 N–H and O–H groups in total. The predicted molar refractivity (Wildman–Crippen MR) is 104 cm³/mol. The minimum Gasteiger partial charge on any atom is -0.452 e. The zero-order chi connectivity index (χ0) is 21.0. The number of benzene rings is 1. The van der Waals surface area contributed by atoms with E-state index in [-0.39, 0.29) is 4.90 Å². The Hall–Kier alpha value is -3.31. The number of carbonyl (C=O) groups excluding carboxylic acids is 2. The van der Waals surface area contributed by atoms with Gasteiger partial charge in [0.15, 0.2) is 6.10 Å². The van der Waals surface area contributed by atoms with Crippen LogP contribution >= 0.6 is 0 Å². The molecule has 3 aromatic rings. The average molecular weight is 417 g/mol. The highest BCUT2D eigenvalue weighted by atomic mass is 32.2. The molecule has 0 fully saturated rings. The van der Waals surface area contributed by atoms with Crippen LogP contribution in [-0.2, 0) is 31.4 Å². The first-order chi connectivity index (χ1) is 13.8. The van der Waals surface area contributed by atoms with E-state index in [2.05, 4.69) is 20.1 Å². The van der Waals surface area contributed by atoms with Gasteiger partial charge in [-0.25, -0.2) is 8.42 Å². The Bertz CT molecular complexity index is 1150. The number of nitrogens with zero attached hydrogens (tertiary/aromatic N) is 3. The third-order valence-corrected chi connectivity index (χ3v) is 5.33. The summed E-state index contributed by atoms with van der Waals surface area (Å²) >= 11 is 0. The molecule has 29 heavy (non-hydrogen) atoms. The number of hydrogen-bond acceptors (Lipinski definition) is 7. The molecule has 0 bridgehead atoms. The normalized spacial score (nSPS) is 12.5. The lowest BCUT2D eigenvalue weighted by Crippen LogP contribution is -2.35. The van der Waals surface area contributed by atoms with E-state index in [1.807, 2.05) is 12.1 Å². The van der Waals surface area contributed by atoms with Crippen molar-refractivity contribution in [3.63, 3.8) is 0 Å². The van der Waals surface area contributed by atoms with Gasteiger partial charge in [0.25, 0.3) is 5.91 Å². The third-order valence-electron chi connectivity index (χ3n) is 3.98. The molecule has 1 unspecified atom stereocenters. The fraction of sp³-hybridized carbons (Fsp3) is 0.222. The Kier molecular flexibility index (Phi) is 5.89. The maximum absolute atomic E-state index is 12.4. The van der Waals surface area contributed by atoms with Gasteiger partial charge in [0.2, 0.25) is 10.0 Å². The second-order valence-corrected chi connectivity index (χ2v) is 7.94. The molecule has 2 heterocycles. The molecule has 11 heteroatoms. The fourth-order valence-corrected chi connectivity index (χ4v) is 3.47. The molecule has 1 atom stereocenters. The standard InChI is InChI=1S/C18H19N5O5S/c1-12(18(25)22-16-7-3-6-15-14(16)5-4-8-19-15)28-17(24)10-21-29(26,27)13-9-20-23(2)11-13/h3-9,11-12,21H,10H2,1-2H3,(H,22,25). The lowest BCUT2D eigenvalue weighted by atomic mass is 10.2. The van der Waals surface area contributed by atoms with Crippen LogP contribution in [0.2, 0.25) is 0 Å². The Labute approximate surface area is 166 Å². The number of aryl methyl sites for hydroxylation is 1. The highest BCUT2D eigenvalue weighted by Gasteiger charge is 2.22. The van der Waals surface area contributed by atoms with Crippen molar-refractivity contribution in [3.05, 3.63) is 48.9 Å². The van der Waals surface area contributed by atoms with Gasteiger partial charge in [-0.2, -0.15) is 9.82 Å². The van der Waals surface area contributed by atoms with Crippen molar-refractivity contribution in [1.82, 2.24) is 19.5 Å². The maximum Gasteiger partial charge on any atom is 0.321 e. The van der Waals surface area contributed by atoms with Gasteiger partial charge in [0.1, 0.15) is 11.4 Å². The fourth-order valence-electron chi connectivity index (χ4n) is 2.51. The van der Waals surface area contributed by atoms with Gasteiger partial charge in [-0.15, -0.1) is 0 Å². The van der Waals surface area contributed by atoms with E-state index in [0.717, 1.165) is 11.6 Å². The maximum atomic E-state index is 12.4. The monoisotopic (exact) mass is 417 g/mol. The molecule has 1 aromatic carbocycles. The summed E-state index contributed by atoms with van der Waals surface area (Å²) in [7, 11) is -2.34. The number of anilines is 1. The smallest absolute Gasteiger partial charge is 0.321 e. The van der Waals surface area contributed by atoms with Gasteiger partial charge >= 0.3 is 5.97 Å². The van der Waals surface area contributed by atoms with Crippen molar-refractivity contribution >= 4 is 38.5 Å². The molecule has 0 radical (unpaired) electrons. The van der Waals surface area contributed by atoms with E-state index in [4.69, 9.17) is 4.74 Å². The van der Waals surface area contributed by atoms with Crippen LogP contribution < -0.4 is 10.0 Å². The lowest BCUT2D eigenvalue weighted by Gasteiger charge is -2.14. The highest BCUT2D eigenvalue weighted by Crippen LogP contribution is 2.21. The minimum absolute atomic E-state index is 0.0804. The molecular weight excluding hydrogens is 398 g/mol. The predicted octanol–water partition coefficient (Wildman–Crippen LogP) is 0.817. The number of fused-ring (bicyclic) bond motifs is 1. The molecule has 3 rings (SSSR count). The number of ether oxygens (including phenoxy) is 1. The number of aromatic nitrogens is 3. The van der Waals surface area contributed by atoms with Gasteiger partial charge in [-0.1, -0.05) is 6.07 Å². The summed E-state index contributed by atoms with van der Waals surface area (Å²) in [6.45, 7) is 0.777. The second-order valence-electron chi connectivity index (χ2n) is 6.17. The Morgan fingerprint density at radius 2 is 2.03 bits per heavy atom. The number of nitrogens with one attached hydrogen (secondary N) is 2. The summed E-state index contributed by atoms with van der Waals surface area (Å²) in [5, 5.41) is 7.19. The Morgan fingerprint density at radius 1 is 1.24 bits per heavy atom. The largest absolute Gasteiger partial charge is 0.452 e. The van der Waals surface area contributed by atoms with E-state index >= 15 is 0 Å². The lowest BCUT2D eigenvalue weighted by molar-refractivity contribution is -0.151. The van der Waals surface area contributed by atoms with E-state index in [1.165, 1.54) is 17.8 Å². The van der Waals surface area contributed by atoms with E-state index in [1.54, 1.807) is 31.4 Å². The Morgan fingerprint density at radius 3 is 2.76 bits per heavy atom. The number of pyridine rings is 1. The first kappa shape index (κ1) is 20.4. The zero-order valence-corrected chi connectivity index (χ0v) is 16.5. The molecule has 0 spiro atoms. The van der Waals surface area contributed by atoms with Crippen molar-refractivity contribution in [2.45, 2.75) is 17.9 Å². The Balaban J connectivity index is 1.57. The number of hydrogen-bond donors (Lipinski definition) is 2. The van der Waals surface area contributed by atoms with Crippen molar-refractivity contribution in [1.29, 1.82) is 0 Å². The number of sulfonamides is 1. The third kappa shape index (κ3) is 4.95. The van der Waals surface area contributed by atoms with Crippen LogP contribution in [0, 0.1) is 0 Å². The first-order valence-electron chi connectivity index (χ1n) is 8.58. The molecule has 0 aliphatic heterocycles. The molecular formula is C18H19N5O5S. The van der Waals surface area contributed by atoms with Crippen molar-refractivity contribution < 1.29 is 22.7 Å². The summed E-state index contributed by atoms with van der Waals surface area (Å²) in [6, 6.07) is 8.81. The summed E-state index contributed by atoms with van der Waals surface area (Å²) in [4.78, 5) is 28.4. The molecule has 0 saturated heterocycles. The molecule has 1 amide bonds. The van der Waals surface area contributed by atoms with Crippen LogP contribution in [0.4, 0.5) is 5.69 Å². The molecule has 10 nitrogen and oxygen atoms in total. The number of esters is 1. The molecule has 2 aromatic heterocycles. The van der Waals surface area contributed by atoms with E-state index in [0.29, 0.717) is 11.2 Å². The van der Waals surface area contributed by atoms with Crippen LogP contribution in [0.1, 0.15) is 6.92 Å². The highest BCUT2D eigenvalue weighted by molar-refractivity contribution is 7.89. The van der Waals surface area contributed by atoms with E-state index in [9.17, 15) is 18.0 Å². The minimum atomic E-state index is -3.91. The van der Waals surface area contributed by atoms with Crippen LogP contribution in [-0.4, -0.2) is 47.7 Å². The van der Waals surface area contributed by atoms with Gasteiger partial charge in [-0.05, 0) is 31.2 Å². The molecule has 152 valence electrons. The van der Waals surface area contributed by atoms with Crippen molar-refractivity contribution in [2.75, 3.05) is 11.9 Å². The van der Waals surface area contributed by atoms with Crippen LogP contribution in [0.15, 0.2) is 53.8 Å². The average Bonchev–Trinajstić information content (AvgIpc) is 3.14. The number of amides is 1. The van der Waals surface area contributed by atoms with Gasteiger partial charge in [-0.3, -0.25) is 19.3 Å². The SMILES string of the molecule is CC(OC(=O)CNS(=O)(=O)c1cnn(C)c1)C(=O)Nc1cccc2ncccc12. The van der Waals surface area contributed by atoms with Crippen molar-refractivity contribution in [3.8, 4) is 0 Å². The molecule has 0 aliphatic rings. The van der Waals surface area contributed by atoms with Crippen LogP contribution in [0.25, 0.3) is 10.9 Å². The van der Waals surface area contributed by atoms with Crippen molar-refractivity contribution in [2.24, 2.45) is 7.05 Å². The zero-order valence-electron chi connectivity index (χ0n) is 15.7. The van der Waals surface area contributed by atoms with Crippen LogP contribution in [0.5, 0.6) is 0 Å². The summed E-state index contributed by atoms with van der Waals surface area (Å²) in [5.74, 6) is -1.44. The van der Waals surface area contributed by atoms with E-state index < -0.39 is 34.5 Å². The number of carbonyl (C=O) groups is 2. The van der Waals surface area contributed by atoms with Crippen LogP contribution in [0.3, 0.4) is 0 Å². The summed E-state index contributed by atoms with van der Waals surface area (Å²) in [5.41, 5.74) is 1.24. The summed E-state index contributed by atoms with van der Waals surface area (Å²) < 4.78 is 32.6. The van der Waals surface area contributed by atoms with Gasteiger partial charge in [0, 0.05) is 24.8 Å². The second kappa shape index (κ2) is 8.37. The summed E-state index contributed by atoms with van der Waals surface area (Å²) in [6.07, 6.45) is 2.97.